The SMILES string of the molecule is CC(C)(F)C(=O)NC1CCC(n2cnc3cc(C(F)(F)F)ccc32)CC1. The van der Waals surface area contributed by atoms with Gasteiger partial charge in [0.05, 0.1) is 22.9 Å². The lowest BCUT2D eigenvalue weighted by molar-refractivity contribution is -0.137. The van der Waals surface area contributed by atoms with E-state index in [0.717, 1.165) is 25.0 Å². The van der Waals surface area contributed by atoms with Crippen molar-refractivity contribution in [2.24, 2.45) is 0 Å². The maximum Gasteiger partial charge on any atom is 0.416 e. The van der Waals surface area contributed by atoms with Crippen LogP contribution in [-0.2, 0) is 11.0 Å². The van der Waals surface area contributed by atoms with Crippen LogP contribution in [0.25, 0.3) is 11.0 Å². The van der Waals surface area contributed by atoms with Crippen molar-refractivity contribution in [2.45, 2.75) is 63.5 Å². The van der Waals surface area contributed by atoms with Gasteiger partial charge in [-0.05, 0) is 57.7 Å². The molecule has 1 aliphatic carbocycles. The summed E-state index contributed by atoms with van der Waals surface area (Å²) >= 11 is 0. The molecule has 8 heteroatoms. The van der Waals surface area contributed by atoms with Crippen LogP contribution in [0.2, 0.25) is 0 Å². The lowest BCUT2D eigenvalue weighted by Gasteiger charge is -2.31. The number of carbonyl (C=O) groups excluding carboxylic acids is 1. The van der Waals surface area contributed by atoms with Crippen LogP contribution in [0.15, 0.2) is 24.5 Å². The Kier molecular flexibility index (Phi) is 4.71. The van der Waals surface area contributed by atoms with Gasteiger partial charge in [0, 0.05) is 12.1 Å². The Hall–Kier alpha value is -2.12. The Labute approximate surface area is 148 Å². The quantitative estimate of drug-likeness (QED) is 0.813. The zero-order valence-corrected chi connectivity index (χ0v) is 14.6. The maximum atomic E-state index is 13.6. The van der Waals surface area contributed by atoms with Crippen molar-refractivity contribution in [2.75, 3.05) is 0 Å². The molecule has 0 aliphatic heterocycles. The van der Waals surface area contributed by atoms with E-state index in [1.54, 1.807) is 6.33 Å². The fourth-order valence-corrected chi connectivity index (χ4v) is 3.35. The number of nitrogens with zero attached hydrogens (tertiary/aromatic N) is 2. The molecule has 1 heterocycles. The third kappa shape index (κ3) is 3.83. The average Bonchev–Trinajstić information content (AvgIpc) is 2.97. The van der Waals surface area contributed by atoms with Crippen molar-refractivity contribution in [1.29, 1.82) is 0 Å². The Balaban J connectivity index is 1.69. The lowest BCUT2D eigenvalue weighted by atomic mass is 9.90. The fraction of sp³-hybridized carbons (Fsp3) is 0.556. The molecule has 0 radical (unpaired) electrons. The van der Waals surface area contributed by atoms with Crippen molar-refractivity contribution >= 4 is 16.9 Å². The van der Waals surface area contributed by atoms with E-state index in [1.165, 1.54) is 19.9 Å². The number of alkyl halides is 4. The van der Waals surface area contributed by atoms with Crippen LogP contribution in [0.4, 0.5) is 17.6 Å². The number of imidazole rings is 1. The van der Waals surface area contributed by atoms with E-state index in [9.17, 15) is 22.4 Å². The molecule has 1 fully saturated rings. The molecule has 1 aromatic carbocycles. The molecule has 0 unspecified atom stereocenters. The lowest BCUT2D eigenvalue weighted by Crippen LogP contribution is -2.45. The molecule has 1 N–H and O–H groups in total. The summed E-state index contributed by atoms with van der Waals surface area (Å²) in [5.74, 6) is -0.617. The highest BCUT2D eigenvalue weighted by Gasteiger charge is 2.32. The Bertz CT molecular complexity index is 799. The van der Waals surface area contributed by atoms with E-state index in [2.05, 4.69) is 10.3 Å². The van der Waals surface area contributed by atoms with Crippen molar-refractivity contribution in [3.05, 3.63) is 30.1 Å². The van der Waals surface area contributed by atoms with Crippen LogP contribution >= 0.6 is 0 Å². The van der Waals surface area contributed by atoms with Crippen LogP contribution in [-0.4, -0.2) is 27.2 Å². The van der Waals surface area contributed by atoms with Gasteiger partial charge in [-0.1, -0.05) is 0 Å². The topological polar surface area (TPSA) is 46.9 Å². The molecule has 26 heavy (non-hydrogen) atoms. The van der Waals surface area contributed by atoms with E-state index in [-0.39, 0.29) is 12.1 Å². The number of fused-ring (bicyclic) bond motifs is 1. The number of halogens is 4. The van der Waals surface area contributed by atoms with E-state index < -0.39 is 23.3 Å². The summed E-state index contributed by atoms with van der Waals surface area (Å²) < 4.78 is 54.0. The molecule has 1 aliphatic rings. The van der Waals surface area contributed by atoms with Gasteiger partial charge < -0.3 is 9.88 Å². The summed E-state index contributed by atoms with van der Waals surface area (Å²) in [4.78, 5) is 15.8. The molecule has 1 amide bonds. The number of hydrogen-bond donors (Lipinski definition) is 1. The van der Waals surface area contributed by atoms with Gasteiger partial charge in [-0.2, -0.15) is 13.2 Å². The van der Waals surface area contributed by atoms with Crippen molar-refractivity contribution in [1.82, 2.24) is 14.9 Å². The predicted octanol–water partition coefficient (Wildman–Crippen LogP) is 4.40. The van der Waals surface area contributed by atoms with Crippen LogP contribution in [0.5, 0.6) is 0 Å². The zero-order valence-electron chi connectivity index (χ0n) is 14.6. The molecule has 142 valence electrons. The minimum absolute atomic E-state index is 0.0830. The molecular weight excluding hydrogens is 350 g/mol. The highest BCUT2D eigenvalue weighted by Crippen LogP contribution is 2.34. The van der Waals surface area contributed by atoms with E-state index in [4.69, 9.17) is 0 Å². The zero-order chi connectivity index (χ0) is 19.1. The molecule has 0 atom stereocenters. The third-order valence-electron chi connectivity index (χ3n) is 4.87. The summed E-state index contributed by atoms with van der Waals surface area (Å²) in [6.07, 6.45) is 0.0331. The smallest absolute Gasteiger partial charge is 0.351 e. The molecule has 4 nitrogen and oxygen atoms in total. The monoisotopic (exact) mass is 371 g/mol. The standard InChI is InChI=1S/C18H21F4N3O/c1-17(2,19)16(26)24-12-4-6-13(7-5-12)25-10-23-14-9-11(18(20,21)22)3-8-15(14)25/h3,8-10,12-13H,4-7H2,1-2H3,(H,24,26). The number of nitrogens with one attached hydrogen (secondary N) is 1. The van der Waals surface area contributed by atoms with Crippen molar-refractivity contribution in [3.63, 3.8) is 0 Å². The Morgan fingerprint density at radius 1 is 1.15 bits per heavy atom. The van der Waals surface area contributed by atoms with Crippen molar-refractivity contribution in [3.8, 4) is 0 Å². The number of benzene rings is 1. The molecule has 1 saturated carbocycles. The molecule has 0 bridgehead atoms. The summed E-state index contributed by atoms with van der Waals surface area (Å²) in [5.41, 5.74) is -1.64. The Morgan fingerprint density at radius 3 is 2.38 bits per heavy atom. The number of amides is 1. The highest BCUT2D eigenvalue weighted by molar-refractivity contribution is 5.84. The first-order valence-electron chi connectivity index (χ1n) is 8.59. The molecule has 0 spiro atoms. The largest absolute Gasteiger partial charge is 0.416 e. The second kappa shape index (κ2) is 6.55. The van der Waals surface area contributed by atoms with Crippen LogP contribution < -0.4 is 5.32 Å². The summed E-state index contributed by atoms with van der Waals surface area (Å²) in [6, 6.07) is 3.59. The van der Waals surface area contributed by atoms with Gasteiger partial charge in [0.2, 0.25) is 0 Å². The van der Waals surface area contributed by atoms with Gasteiger partial charge in [-0.3, -0.25) is 4.79 Å². The first-order valence-corrected chi connectivity index (χ1v) is 8.59. The van der Waals surface area contributed by atoms with Gasteiger partial charge in [0.25, 0.3) is 5.91 Å². The van der Waals surface area contributed by atoms with E-state index >= 15 is 0 Å². The molecule has 0 saturated heterocycles. The van der Waals surface area contributed by atoms with Gasteiger partial charge >= 0.3 is 6.18 Å². The predicted molar refractivity (Wildman–Crippen MR) is 89.4 cm³/mol. The van der Waals surface area contributed by atoms with Crippen molar-refractivity contribution < 1.29 is 22.4 Å². The number of rotatable bonds is 3. The third-order valence-corrected chi connectivity index (χ3v) is 4.87. The first kappa shape index (κ1) is 18.7. The number of hydrogen-bond acceptors (Lipinski definition) is 2. The molecule has 3 rings (SSSR count). The molecule has 2 aromatic rings. The van der Waals surface area contributed by atoms with E-state index in [0.29, 0.717) is 23.9 Å². The Morgan fingerprint density at radius 2 is 1.81 bits per heavy atom. The maximum absolute atomic E-state index is 13.6. The minimum Gasteiger partial charge on any atom is -0.351 e. The summed E-state index contributed by atoms with van der Waals surface area (Å²) in [6.45, 7) is 2.45. The van der Waals surface area contributed by atoms with Gasteiger partial charge in [0.15, 0.2) is 5.67 Å². The second-order valence-corrected chi connectivity index (χ2v) is 7.30. The molecular formula is C18H21F4N3O. The van der Waals surface area contributed by atoms with Gasteiger partial charge in [-0.15, -0.1) is 0 Å². The minimum atomic E-state index is -4.39. The number of carbonyl (C=O) groups is 1. The van der Waals surface area contributed by atoms with Gasteiger partial charge in [-0.25, -0.2) is 9.37 Å². The first-order chi connectivity index (χ1) is 12.1. The van der Waals surface area contributed by atoms with E-state index in [1.807, 2.05) is 4.57 Å². The van der Waals surface area contributed by atoms with Crippen LogP contribution in [0.3, 0.4) is 0 Å². The highest BCUT2D eigenvalue weighted by atomic mass is 19.4. The summed E-state index contributed by atoms with van der Waals surface area (Å²) in [5, 5.41) is 2.72. The van der Waals surface area contributed by atoms with Crippen LogP contribution in [0, 0.1) is 0 Å². The average molecular weight is 371 g/mol. The normalized spacial score (nSPS) is 21.8. The summed E-state index contributed by atoms with van der Waals surface area (Å²) in [7, 11) is 0. The van der Waals surface area contributed by atoms with Gasteiger partial charge in [0.1, 0.15) is 0 Å². The van der Waals surface area contributed by atoms with Crippen LogP contribution in [0.1, 0.15) is 51.1 Å². The second-order valence-electron chi connectivity index (χ2n) is 7.30. The molecule has 1 aromatic heterocycles. The fourth-order valence-electron chi connectivity index (χ4n) is 3.35. The number of aromatic nitrogens is 2.